The van der Waals surface area contributed by atoms with Gasteiger partial charge in [-0.1, -0.05) is 26.0 Å². The molecule has 0 fully saturated rings. The monoisotopic (exact) mass is 344 g/mol. The van der Waals surface area contributed by atoms with Gasteiger partial charge in [-0.25, -0.2) is 0 Å². The number of nitrogens with one attached hydrogen (secondary N) is 1. The first-order chi connectivity index (χ1) is 12.0. The lowest BCUT2D eigenvalue weighted by molar-refractivity contribution is -0.122. The van der Waals surface area contributed by atoms with Crippen LogP contribution in [0.5, 0.6) is 0 Å². The van der Waals surface area contributed by atoms with Gasteiger partial charge in [-0.3, -0.25) is 14.3 Å². The first-order valence-electron chi connectivity index (χ1n) is 9.01. The van der Waals surface area contributed by atoms with Crippen molar-refractivity contribution in [2.45, 2.75) is 46.2 Å². The number of amides is 1. The molecule has 0 aliphatic rings. The molecule has 0 saturated carbocycles. The van der Waals surface area contributed by atoms with E-state index in [1.165, 1.54) is 6.20 Å². The first kappa shape index (κ1) is 19.1. The second-order valence-corrected chi connectivity index (χ2v) is 6.32. The fraction of sp³-hybridized carbons (Fsp3) is 0.526. The standard InChI is InChI=1S/C19H28N4O2/c1-4-22(5-2)12-8-9-15(3)21-19(25)14-23-17-11-7-6-10-16(17)18(24)13-20-23/h6-7,10-11,13,15H,4-5,8-9,12,14H2,1-3H3,(H,21,25)/t15-/m0/s1. The Morgan fingerprint density at radius 1 is 1.28 bits per heavy atom. The molecule has 1 aromatic carbocycles. The lowest BCUT2D eigenvalue weighted by atomic mass is 10.1. The molecular weight excluding hydrogens is 316 g/mol. The number of benzene rings is 1. The molecule has 1 amide bonds. The van der Waals surface area contributed by atoms with E-state index in [0.29, 0.717) is 10.9 Å². The minimum absolute atomic E-state index is 0.0864. The zero-order valence-corrected chi connectivity index (χ0v) is 15.4. The van der Waals surface area contributed by atoms with Crippen molar-refractivity contribution in [3.05, 3.63) is 40.7 Å². The van der Waals surface area contributed by atoms with Gasteiger partial charge in [0, 0.05) is 11.4 Å². The van der Waals surface area contributed by atoms with Crippen LogP contribution in [-0.4, -0.2) is 46.3 Å². The molecule has 1 aromatic heterocycles. The topological polar surface area (TPSA) is 67.2 Å². The molecule has 0 radical (unpaired) electrons. The number of carbonyl (C=O) groups excluding carboxylic acids is 1. The van der Waals surface area contributed by atoms with Crippen LogP contribution in [0.3, 0.4) is 0 Å². The zero-order valence-electron chi connectivity index (χ0n) is 15.4. The number of para-hydroxylation sites is 1. The smallest absolute Gasteiger partial charge is 0.241 e. The Morgan fingerprint density at radius 3 is 2.72 bits per heavy atom. The van der Waals surface area contributed by atoms with E-state index in [1.54, 1.807) is 10.7 Å². The molecular formula is C19H28N4O2. The summed E-state index contributed by atoms with van der Waals surface area (Å²) in [6.45, 7) is 9.63. The number of hydrogen-bond donors (Lipinski definition) is 1. The summed E-state index contributed by atoms with van der Waals surface area (Å²) in [6.07, 6.45) is 3.27. The van der Waals surface area contributed by atoms with Gasteiger partial charge in [0.25, 0.3) is 0 Å². The zero-order chi connectivity index (χ0) is 18.2. The van der Waals surface area contributed by atoms with Gasteiger partial charge >= 0.3 is 0 Å². The van der Waals surface area contributed by atoms with Crippen molar-refractivity contribution >= 4 is 16.8 Å². The molecule has 2 rings (SSSR count). The summed E-state index contributed by atoms with van der Waals surface area (Å²) in [5.74, 6) is -0.0864. The largest absolute Gasteiger partial charge is 0.352 e. The summed E-state index contributed by atoms with van der Waals surface area (Å²) in [6, 6.07) is 7.34. The van der Waals surface area contributed by atoms with Crippen molar-refractivity contribution < 1.29 is 4.79 Å². The molecule has 0 unspecified atom stereocenters. The number of aromatic nitrogens is 2. The number of rotatable bonds is 9. The Kier molecular flexibility index (Phi) is 7.13. The minimum atomic E-state index is -0.128. The molecule has 0 spiro atoms. The van der Waals surface area contributed by atoms with Crippen LogP contribution in [-0.2, 0) is 11.3 Å². The SMILES string of the molecule is CCN(CC)CCC[C@H](C)NC(=O)Cn1ncc(=O)c2ccccc21. The highest BCUT2D eigenvalue weighted by Gasteiger charge is 2.11. The van der Waals surface area contributed by atoms with Gasteiger partial charge in [-0.2, -0.15) is 5.10 Å². The Morgan fingerprint density at radius 2 is 2.00 bits per heavy atom. The van der Waals surface area contributed by atoms with E-state index in [0.717, 1.165) is 32.5 Å². The van der Waals surface area contributed by atoms with Crippen molar-refractivity contribution in [2.75, 3.05) is 19.6 Å². The molecule has 2 aromatic rings. The molecule has 0 bridgehead atoms. The molecule has 136 valence electrons. The van der Waals surface area contributed by atoms with Gasteiger partial charge in [-0.05, 0) is 51.5 Å². The molecule has 0 aliphatic carbocycles. The average molecular weight is 344 g/mol. The van der Waals surface area contributed by atoms with E-state index < -0.39 is 0 Å². The number of carbonyl (C=O) groups is 1. The van der Waals surface area contributed by atoms with Gasteiger partial charge in [0.1, 0.15) is 6.54 Å². The summed E-state index contributed by atoms with van der Waals surface area (Å²) >= 11 is 0. The van der Waals surface area contributed by atoms with Crippen molar-refractivity contribution in [3.63, 3.8) is 0 Å². The van der Waals surface area contributed by atoms with Crippen LogP contribution in [0.15, 0.2) is 35.3 Å². The van der Waals surface area contributed by atoms with Crippen molar-refractivity contribution in [2.24, 2.45) is 0 Å². The second kappa shape index (κ2) is 9.32. The van der Waals surface area contributed by atoms with Crippen LogP contribution in [0.2, 0.25) is 0 Å². The summed E-state index contributed by atoms with van der Waals surface area (Å²) < 4.78 is 1.58. The van der Waals surface area contributed by atoms with Crippen LogP contribution < -0.4 is 10.7 Å². The first-order valence-corrected chi connectivity index (χ1v) is 9.01. The van der Waals surface area contributed by atoms with Gasteiger partial charge in [0.2, 0.25) is 11.3 Å². The lowest BCUT2D eigenvalue weighted by Gasteiger charge is -2.20. The predicted molar refractivity (Wildman–Crippen MR) is 101 cm³/mol. The van der Waals surface area contributed by atoms with Gasteiger partial charge in [0.15, 0.2) is 0 Å². The predicted octanol–water partition coefficient (Wildman–Crippen LogP) is 2.02. The van der Waals surface area contributed by atoms with Crippen molar-refractivity contribution in [1.82, 2.24) is 20.0 Å². The maximum atomic E-state index is 12.3. The summed E-state index contributed by atoms with van der Waals surface area (Å²) in [7, 11) is 0. The molecule has 0 saturated heterocycles. The van der Waals surface area contributed by atoms with E-state index in [2.05, 4.69) is 29.2 Å². The fourth-order valence-electron chi connectivity index (χ4n) is 2.98. The van der Waals surface area contributed by atoms with E-state index in [4.69, 9.17) is 0 Å². The molecule has 25 heavy (non-hydrogen) atoms. The molecule has 1 heterocycles. The Balaban J connectivity index is 1.90. The van der Waals surface area contributed by atoms with Gasteiger partial charge in [0.05, 0.1) is 11.7 Å². The number of nitrogens with zero attached hydrogens (tertiary/aromatic N) is 3. The third-order valence-electron chi connectivity index (χ3n) is 4.47. The molecule has 1 N–H and O–H groups in total. The summed E-state index contributed by atoms with van der Waals surface area (Å²) in [5, 5.41) is 7.70. The third-order valence-corrected chi connectivity index (χ3v) is 4.47. The third kappa shape index (κ3) is 5.39. The maximum Gasteiger partial charge on any atom is 0.241 e. The quantitative estimate of drug-likeness (QED) is 0.756. The van der Waals surface area contributed by atoms with Crippen LogP contribution in [0.1, 0.15) is 33.6 Å². The highest BCUT2D eigenvalue weighted by molar-refractivity contribution is 5.81. The highest BCUT2D eigenvalue weighted by Crippen LogP contribution is 2.07. The fourth-order valence-corrected chi connectivity index (χ4v) is 2.98. The Labute approximate surface area is 148 Å². The van der Waals surface area contributed by atoms with E-state index in [9.17, 15) is 9.59 Å². The minimum Gasteiger partial charge on any atom is -0.352 e. The van der Waals surface area contributed by atoms with Crippen LogP contribution in [0, 0.1) is 0 Å². The van der Waals surface area contributed by atoms with Crippen molar-refractivity contribution in [1.29, 1.82) is 0 Å². The van der Waals surface area contributed by atoms with Gasteiger partial charge in [-0.15, -0.1) is 0 Å². The van der Waals surface area contributed by atoms with Crippen molar-refractivity contribution in [3.8, 4) is 0 Å². The average Bonchev–Trinajstić information content (AvgIpc) is 2.61. The Hall–Kier alpha value is -2.21. The van der Waals surface area contributed by atoms with Crippen LogP contribution >= 0.6 is 0 Å². The maximum absolute atomic E-state index is 12.3. The number of hydrogen-bond acceptors (Lipinski definition) is 4. The second-order valence-electron chi connectivity index (χ2n) is 6.32. The van der Waals surface area contributed by atoms with E-state index in [1.807, 2.05) is 25.1 Å². The van der Waals surface area contributed by atoms with E-state index in [-0.39, 0.29) is 23.9 Å². The molecule has 6 nitrogen and oxygen atoms in total. The lowest BCUT2D eigenvalue weighted by Crippen LogP contribution is -2.36. The summed E-state index contributed by atoms with van der Waals surface area (Å²) in [4.78, 5) is 26.5. The number of fused-ring (bicyclic) bond motifs is 1. The Bertz CT molecular complexity index is 752. The van der Waals surface area contributed by atoms with Crippen LogP contribution in [0.25, 0.3) is 10.9 Å². The van der Waals surface area contributed by atoms with Gasteiger partial charge < -0.3 is 10.2 Å². The molecule has 6 heteroatoms. The molecule has 1 atom stereocenters. The normalized spacial score (nSPS) is 12.5. The summed E-state index contributed by atoms with van der Waals surface area (Å²) in [5.41, 5.74) is 0.552. The molecule has 0 aliphatic heterocycles. The van der Waals surface area contributed by atoms with E-state index >= 15 is 0 Å². The van der Waals surface area contributed by atoms with Crippen LogP contribution in [0.4, 0.5) is 0 Å². The highest BCUT2D eigenvalue weighted by atomic mass is 16.2.